The second-order valence-electron chi connectivity index (χ2n) is 4.39. The van der Waals surface area contributed by atoms with E-state index in [0.29, 0.717) is 5.82 Å². The molecule has 0 amide bonds. The van der Waals surface area contributed by atoms with Gasteiger partial charge in [0.05, 0.1) is 6.20 Å². The van der Waals surface area contributed by atoms with E-state index in [-0.39, 0.29) is 0 Å². The SMILES string of the molecule is Cn1ncc(-c2ccc3c(Br)cn(C)c3c2)c1N. The number of rotatable bonds is 1. The maximum atomic E-state index is 6.01. The van der Waals surface area contributed by atoms with Crippen LogP contribution in [0.3, 0.4) is 0 Å². The van der Waals surface area contributed by atoms with Crippen molar-refractivity contribution in [3.05, 3.63) is 35.1 Å². The fraction of sp³-hybridized carbons (Fsp3) is 0.154. The molecule has 0 aliphatic heterocycles. The number of benzene rings is 1. The summed E-state index contributed by atoms with van der Waals surface area (Å²) in [5.74, 6) is 0.683. The van der Waals surface area contributed by atoms with Crippen LogP contribution in [0.4, 0.5) is 5.82 Å². The summed E-state index contributed by atoms with van der Waals surface area (Å²) < 4.78 is 4.88. The van der Waals surface area contributed by atoms with E-state index in [1.807, 2.05) is 14.1 Å². The molecule has 1 aromatic carbocycles. The first kappa shape index (κ1) is 11.3. The quantitative estimate of drug-likeness (QED) is 0.751. The van der Waals surface area contributed by atoms with Crippen LogP contribution in [0.1, 0.15) is 0 Å². The number of aryl methyl sites for hydroxylation is 2. The van der Waals surface area contributed by atoms with Crippen LogP contribution in [0.5, 0.6) is 0 Å². The van der Waals surface area contributed by atoms with Gasteiger partial charge in [0, 0.05) is 41.2 Å². The molecule has 0 saturated heterocycles. The third kappa shape index (κ3) is 1.54. The van der Waals surface area contributed by atoms with Crippen molar-refractivity contribution in [3.8, 4) is 11.1 Å². The zero-order chi connectivity index (χ0) is 12.9. The Kier molecular flexibility index (Phi) is 2.45. The van der Waals surface area contributed by atoms with E-state index in [9.17, 15) is 0 Å². The molecule has 18 heavy (non-hydrogen) atoms. The summed E-state index contributed by atoms with van der Waals surface area (Å²) in [5.41, 5.74) is 9.23. The van der Waals surface area contributed by atoms with Gasteiger partial charge in [-0.05, 0) is 27.6 Å². The topological polar surface area (TPSA) is 48.8 Å². The summed E-state index contributed by atoms with van der Waals surface area (Å²) in [6.45, 7) is 0. The Morgan fingerprint density at radius 1 is 1.28 bits per heavy atom. The van der Waals surface area contributed by atoms with Crippen molar-refractivity contribution in [3.63, 3.8) is 0 Å². The first-order chi connectivity index (χ1) is 8.58. The molecule has 2 heterocycles. The molecule has 0 fully saturated rings. The van der Waals surface area contributed by atoms with Crippen molar-refractivity contribution in [2.45, 2.75) is 0 Å². The van der Waals surface area contributed by atoms with Gasteiger partial charge in [0.15, 0.2) is 0 Å². The Bertz CT molecular complexity index is 739. The van der Waals surface area contributed by atoms with Crippen LogP contribution in [0.2, 0.25) is 0 Å². The van der Waals surface area contributed by atoms with Crippen LogP contribution in [-0.2, 0) is 14.1 Å². The molecule has 0 aliphatic rings. The molecule has 0 unspecified atom stereocenters. The van der Waals surface area contributed by atoms with E-state index >= 15 is 0 Å². The van der Waals surface area contributed by atoms with E-state index in [1.165, 1.54) is 10.9 Å². The van der Waals surface area contributed by atoms with Crippen molar-refractivity contribution in [2.24, 2.45) is 14.1 Å². The Balaban J connectivity index is 2.25. The normalized spacial score (nSPS) is 11.3. The molecule has 5 heteroatoms. The van der Waals surface area contributed by atoms with Gasteiger partial charge in [-0.3, -0.25) is 4.68 Å². The van der Waals surface area contributed by atoms with E-state index < -0.39 is 0 Å². The van der Waals surface area contributed by atoms with Crippen LogP contribution in [0, 0.1) is 0 Å². The Morgan fingerprint density at radius 2 is 2.06 bits per heavy atom. The average Bonchev–Trinajstić information content (AvgIpc) is 2.82. The number of nitrogen functional groups attached to an aromatic ring is 1. The molecule has 0 spiro atoms. The van der Waals surface area contributed by atoms with Gasteiger partial charge in [-0.1, -0.05) is 12.1 Å². The average molecular weight is 305 g/mol. The Morgan fingerprint density at radius 3 is 2.72 bits per heavy atom. The molecule has 2 N–H and O–H groups in total. The van der Waals surface area contributed by atoms with Gasteiger partial charge in [0.25, 0.3) is 0 Å². The third-order valence-corrected chi connectivity index (χ3v) is 3.87. The molecule has 0 aliphatic carbocycles. The first-order valence-electron chi connectivity index (χ1n) is 5.60. The predicted octanol–water partition coefficient (Wildman–Crippen LogP) is 2.92. The largest absolute Gasteiger partial charge is 0.383 e. The molecule has 0 radical (unpaired) electrons. The number of hydrogen-bond acceptors (Lipinski definition) is 2. The Hall–Kier alpha value is -1.75. The zero-order valence-electron chi connectivity index (χ0n) is 10.2. The maximum absolute atomic E-state index is 6.01. The second-order valence-corrected chi connectivity index (χ2v) is 5.24. The number of nitrogens with zero attached hydrogens (tertiary/aromatic N) is 3. The van der Waals surface area contributed by atoms with Crippen LogP contribution >= 0.6 is 15.9 Å². The lowest BCUT2D eigenvalue weighted by atomic mass is 10.1. The molecular weight excluding hydrogens is 292 g/mol. The highest BCUT2D eigenvalue weighted by molar-refractivity contribution is 9.10. The van der Waals surface area contributed by atoms with Crippen molar-refractivity contribution >= 4 is 32.7 Å². The van der Waals surface area contributed by atoms with Gasteiger partial charge >= 0.3 is 0 Å². The molecule has 3 rings (SSSR count). The minimum atomic E-state index is 0.683. The summed E-state index contributed by atoms with van der Waals surface area (Å²) in [4.78, 5) is 0. The van der Waals surface area contributed by atoms with Gasteiger partial charge in [-0.2, -0.15) is 5.10 Å². The number of halogens is 1. The Labute approximate surface area is 113 Å². The summed E-state index contributed by atoms with van der Waals surface area (Å²) in [7, 11) is 3.87. The monoisotopic (exact) mass is 304 g/mol. The van der Waals surface area contributed by atoms with Gasteiger partial charge in [0.1, 0.15) is 5.82 Å². The molecule has 4 nitrogen and oxygen atoms in total. The number of fused-ring (bicyclic) bond motifs is 1. The van der Waals surface area contributed by atoms with Crippen LogP contribution in [-0.4, -0.2) is 14.3 Å². The fourth-order valence-corrected chi connectivity index (χ4v) is 2.81. The van der Waals surface area contributed by atoms with Crippen molar-refractivity contribution in [2.75, 3.05) is 5.73 Å². The smallest absolute Gasteiger partial charge is 0.129 e. The number of anilines is 1. The van der Waals surface area contributed by atoms with Crippen LogP contribution in [0.15, 0.2) is 35.1 Å². The summed E-state index contributed by atoms with van der Waals surface area (Å²) in [5, 5.41) is 5.37. The lowest BCUT2D eigenvalue weighted by Gasteiger charge is -2.03. The zero-order valence-corrected chi connectivity index (χ0v) is 11.8. The van der Waals surface area contributed by atoms with Gasteiger partial charge in [0.2, 0.25) is 0 Å². The highest BCUT2D eigenvalue weighted by Crippen LogP contribution is 2.31. The van der Waals surface area contributed by atoms with Crippen LogP contribution in [0.25, 0.3) is 22.0 Å². The molecule has 0 atom stereocenters. The van der Waals surface area contributed by atoms with Gasteiger partial charge in [-0.15, -0.1) is 0 Å². The van der Waals surface area contributed by atoms with Crippen molar-refractivity contribution < 1.29 is 0 Å². The lowest BCUT2D eigenvalue weighted by Crippen LogP contribution is -1.98. The molecular formula is C13H13BrN4. The lowest BCUT2D eigenvalue weighted by molar-refractivity contribution is 0.779. The number of nitrogens with two attached hydrogens (primary N) is 1. The van der Waals surface area contributed by atoms with Gasteiger partial charge < -0.3 is 10.3 Å². The molecule has 0 saturated carbocycles. The van der Waals surface area contributed by atoms with E-state index in [2.05, 4.69) is 50.0 Å². The van der Waals surface area contributed by atoms with Crippen molar-refractivity contribution in [1.29, 1.82) is 0 Å². The minimum Gasteiger partial charge on any atom is -0.383 e. The van der Waals surface area contributed by atoms with Crippen LogP contribution < -0.4 is 5.73 Å². The fourth-order valence-electron chi connectivity index (χ4n) is 2.17. The van der Waals surface area contributed by atoms with Gasteiger partial charge in [-0.25, -0.2) is 0 Å². The third-order valence-electron chi connectivity index (χ3n) is 3.24. The maximum Gasteiger partial charge on any atom is 0.129 e. The van der Waals surface area contributed by atoms with E-state index in [1.54, 1.807) is 10.9 Å². The highest BCUT2D eigenvalue weighted by atomic mass is 79.9. The molecule has 0 bridgehead atoms. The standard InChI is InChI=1S/C13H13BrN4/c1-17-7-11(14)9-4-3-8(5-12(9)17)10-6-16-18(2)13(10)15/h3-7H,15H2,1-2H3. The molecule has 2 aromatic heterocycles. The summed E-state index contributed by atoms with van der Waals surface area (Å²) >= 11 is 3.56. The number of aromatic nitrogens is 3. The number of hydrogen-bond donors (Lipinski definition) is 1. The van der Waals surface area contributed by atoms with E-state index in [4.69, 9.17) is 5.73 Å². The summed E-state index contributed by atoms with van der Waals surface area (Å²) in [6, 6.07) is 6.30. The second kappa shape index (κ2) is 3.88. The predicted molar refractivity (Wildman–Crippen MR) is 77.2 cm³/mol. The van der Waals surface area contributed by atoms with Crippen molar-refractivity contribution in [1.82, 2.24) is 14.3 Å². The molecule has 3 aromatic rings. The first-order valence-corrected chi connectivity index (χ1v) is 6.39. The highest BCUT2D eigenvalue weighted by Gasteiger charge is 2.10. The molecule has 92 valence electrons. The minimum absolute atomic E-state index is 0.683. The van der Waals surface area contributed by atoms with E-state index in [0.717, 1.165) is 15.6 Å². The summed E-state index contributed by atoms with van der Waals surface area (Å²) in [6.07, 6.45) is 3.86.